The van der Waals surface area contributed by atoms with Crippen LogP contribution < -0.4 is 4.74 Å². The normalized spacial score (nSPS) is 14.2. The lowest BCUT2D eigenvalue weighted by atomic mass is 10.0. The molecule has 7 heteroatoms. The van der Waals surface area contributed by atoms with Gasteiger partial charge in [-0.05, 0) is 39.0 Å². The highest BCUT2D eigenvalue weighted by Gasteiger charge is 2.30. The van der Waals surface area contributed by atoms with E-state index in [2.05, 4.69) is 5.10 Å². The van der Waals surface area contributed by atoms with Gasteiger partial charge in [-0.15, -0.1) is 0 Å². The molecular weight excluding hydrogens is 354 g/mol. The third-order valence-electron chi connectivity index (χ3n) is 4.33. The Hall–Kier alpha value is -2.21. The molecule has 1 aliphatic rings. The first-order chi connectivity index (χ1) is 12.2. The molecule has 26 heavy (non-hydrogen) atoms. The van der Waals surface area contributed by atoms with Gasteiger partial charge >= 0.3 is 6.09 Å². The number of carbonyl (C=O) groups excluding carboxylic acids is 1. The number of aromatic nitrogens is 2. The van der Waals surface area contributed by atoms with E-state index in [1.54, 1.807) is 18.1 Å². The van der Waals surface area contributed by atoms with E-state index < -0.39 is 5.60 Å². The van der Waals surface area contributed by atoms with Gasteiger partial charge in [0.2, 0.25) is 0 Å². The quantitative estimate of drug-likeness (QED) is 0.792. The summed E-state index contributed by atoms with van der Waals surface area (Å²) in [4.78, 5) is 14.2. The molecule has 0 saturated heterocycles. The van der Waals surface area contributed by atoms with Gasteiger partial charge in [-0.25, -0.2) is 4.79 Å². The molecule has 0 saturated carbocycles. The molecule has 6 nitrogen and oxygen atoms in total. The van der Waals surface area contributed by atoms with Crippen LogP contribution in [0, 0.1) is 0 Å². The molecule has 1 aromatic heterocycles. The second-order valence-corrected chi connectivity index (χ2v) is 7.80. The van der Waals surface area contributed by atoms with Crippen molar-refractivity contribution in [2.24, 2.45) is 7.05 Å². The zero-order valence-electron chi connectivity index (χ0n) is 15.8. The number of rotatable bonds is 2. The fourth-order valence-electron chi connectivity index (χ4n) is 3.11. The van der Waals surface area contributed by atoms with Crippen molar-refractivity contribution in [3.8, 4) is 17.0 Å². The Balaban J connectivity index is 1.94. The van der Waals surface area contributed by atoms with Crippen molar-refractivity contribution in [1.29, 1.82) is 0 Å². The molecular formula is C19H24ClN3O3. The molecule has 1 aromatic carbocycles. The van der Waals surface area contributed by atoms with E-state index in [1.165, 1.54) is 0 Å². The summed E-state index contributed by atoms with van der Waals surface area (Å²) in [7, 11) is 3.52. The highest BCUT2D eigenvalue weighted by Crippen LogP contribution is 2.35. The van der Waals surface area contributed by atoms with Gasteiger partial charge < -0.3 is 14.4 Å². The Morgan fingerprint density at radius 1 is 1.31 bits per heavy atom. The van der Waals surface area contributed by atoms with Crippen LogP contribution in [0.1, 0.15) is 32.0 Å². The molecule has 0 N–H and O–H groups in total. The van der Waals surface area contributed by atoms with E-state index in [0.29, 0.717) is 23.9 Å². The predicted octanol–water partition coefficient (Wildman–Crippen LogP) is 4.04. The minimum atomic E-state index is -0.519. The van der Waals surface area contributed by atoms with Gasteiger partial charge in [-0.3, -0.25) is 4.68 Å². The van der Waals surface area contributed by atoms with Crippen molar-refractivity contribution in [3.63, 3.8) is 0 Å². The highest BCUT2D eigenvalue weighted by atomic mass is 35.5. The lowest BCUT2D eigenvalue weighted by Gasteiger charge is -2.30. The van der Waals surface area contributed by atoms with E-state index in [4.69, 9.17) is 21.1 Å². The number of hydrogen-bond donors (Lipinski definition) is 0. The standard InChI is InChI=1S/C19H24ClN3O3/c1-19(2,3)26-18(24)23-9-8-16-14(11-23)17(21-22(16)4)13-7-6-12(25-5)10-15(13)20/h6-7,10H,8-9,11H2,1-5H3. The molecule has 2 aromatic rings. The van der Waals surface area contributed by atoms with Gasteiger partial charge in [0.05, 0.1) is 24.4 Å². The third kappa shape index (κ3) is 3.65. The van der Waals surface area contributed by atoms with Crippen LogP contribution in [0.15, 0.2) is 18.2 Å². The van der Waals surface area contributed by atoms with Crippen molar-refractivity contribution >= 4 is 17.7 Å². The molecule has 0 aliphatic carbocycles. The summed E-state index contributed by atoms with van der Waals surface area (Å²) in [5.41, 5.74) is 3.23. The second-order valence-electron chi connectivity index (χ2n) is 7.40. The monoisotopic (exact) mass is 377 g/mol. The minimum Gasteiger partial charge on any atom is -0.497 e. The van der Waals surface area contributed by atoms with Crippen molar-refractivity contribution < 1.29 is 14.3 Å². The number of fused-ring (bicyclic) bond motifs is 1. The van der Waals surface area contributed by atoms with Gasteiger partial charge in [0.25, 0.3) is 0 Å². The lowest BCUT2D eigenvalue weighted by Crippen LogP contribution is -2.40. The molecule has 140 valence electrons. The Labute approximate surface area is 158 Å². The van der Waals surface area contributed by atoms with Crippen molar-refractivity contribution in [2.75, 3.05) is 13.7 Å². The first kappa shape index (κ1) is 18.6. The number of hydrogen-bond acceptors (Lipinski definition) is 4. The number of nitrogens with zero attached hydrogens (tertiary/aromatic N) is 3. The summed E-state index contributed by atoms with van der Waals surface area (Å²) in [5.74, 6) is 0.693. The van der Waals surface area contributed by atoms with Crippen LogP contribution in [0.3, 0.4) is 0 Å². The average molecular weight is 378 g/mol. The highest BCUT2D eigenvalue weighted by molar-refractivity contribution is 6.33. The maximum absolute atomic E-state index is 12.5. The molecule has 2 heterocycles. The minimum absolute atomic E-state index is 0.307. The van der Waals surface area contributed by atoms with E-state index in [-0.39, 0.29) is 6.09 Å². The van der Waals surface area contributed by atoms with E-state index in [1.807, 2.05) is 44.6 Å². The summed E-state index contributed by atoms with van der Waals surface area (Å²) < 4.78 is 12.6. The van der Waals surface area contributed by atoms with Crippen molar-refractivity contribution in [2.45, 2.75) is 39.3 Å². The van der Waals surface area contributed by atoms with Crippen LogP contribution in [0.25, 0.3) is 11.3 Å². The van der Waals surface area contributed by atoms with Crippen LogP contribution in [0.4, 0.5) is 4.79 Å². The molecule has 0 unspecified atom stereocenters. The number of ether oxygens (including phenoxy) is 2. The molecule has 0 radical (unpaired) electrons. The molecule has 0 spiro atoms. The number of amides is 1. The van der Waals surface area contributed by atoms with Crippen LogP contribution in [0.2, 0.25) is 5.02 Å². The molecule has 0 fully saturated rings. The van der Waals surface area contributed by atoms with Gasteiger partial charge in [-0.2, -0.15) is 5.10 Å². The molecule has 0 atom stereocenters. The Kier molecular flexibility index (Phi) is 4.88. The smallest absolute Gasteiger partial charge is 0.410 e. The number of halogens is 1. The Bertz CT molecular complexity index is 839. The van der Waals surface area contributed by atoms with Crippen LogP contribution >= 0.6 is 11.6 Å². The first-order valence-electron chi connectivity index (χ1n) is 8.56. The molecule has 3 rings (SSSR count). The van der Waals surface area contributed by atoms with E-state index >= 15 is 0 Å². The van der Waals surface area contributed by atoms with E-state index in [9.17, 15) is 4.79 Å². The van der Waals surface area contributed by atoms with Crippen LogP contribution in [0.5, 0.6) is 5.75 Å². The summed E-state index contributed by atoms with van der Waals surface area (Å²) in [5, 5.41) is 5.23. The van der Waals surface area contributed by atoms with Gasteiger partial charge in [0.1, 0.15) is 11.4 Å². The topological polar surface area (TPSA) is 56.6 Å². The van der Waals surface area contributed by atoms with Gasteiger partial charge in [-0.1, -0.05) is 11.6 Å². The average Bonchev–Trinajstić information content (AvgIpc) is 2.89. The molecule has 1 amide bonds. The predicted molar refractivity (Wildman–Crippen MR) is 101 cm³/mol. The third-order valence-corrected chi connectivity index (χ3v) is 4.64. The number of carbonyl (C=O) groups is 1. The zero-order valence-corrected chi connectivity index (χ0v) is 16.6. The van der Waals surface area contributed by atoms with Crippen LogP contribution in [-0.4, -0.2) is 40.0 Å². The second kappa shape index (κ2) is 6.83. The first-order valence-corrected chi connectivity index (χ1v) is 8.94. The zero-order chi connectivity index (χ0) is 19.1. The fraction of sp³-hybridized carbons (Fsp3) is 0.474. The maximum Gasteiger partial charge on any atom is 0.410 e. The maximum atomic E-state index is 12.5. The van der Waals surface area contributed by atoms with Crippen molar-refractivity contribution in [3.05, 3.63) is 34.5 Å². The number of aryl methyl sites for hydroxylation is 1. The summed E-state index contributed by atoms with van der Waals surface area (Å²) in [6.45, 7) is 6.67. The van der Waals surface area contributed by atoms with Crippen molar-refractivity contribution in [1.82, 2.24) is 14.7 Å². The molecule has 1 aliphatic heterocycles. The summed E-state index contributed by atoms with van der Waals surface area (Å²) in [6.07, 6.45) is 0.421. The van der Waals surface area contributed by atoms with Crippen LogP contribution in [-0.2, 0) is 24.8 Å². The Morgan fingerprint density at radius 3 is 2.65 bits per heavy atom. The molecule has 0 bridgehead atoms. The number of benzene rings is 1. The Morgan fingerprint density at radius 2 is 2.04 bits per heavy atom. The summed E-state index contributed by atoms with van der Waals surface area (Å²) >= 11 is 6.45. The lowest BCUT2D eigenvalue weighted by molar-refractivity contribution is 0.0223. The number of methoxy groups -OCH3 is 1. The van der Waals surface area contributed by atoms with Gasteiger partial charge in [0, 0.05) is 36.8 Å². The van der Waals surface area contributed by atoms with E-state index in [0.717, 1.165) is 28.9 Å². The summed E-state index contributed by atoms with van der Waals surface area (Å²) in [6, 6.07) is 5.53. The fourth-order valence-corrected chi connectivity index (χ4v) is 3.37. The van der Waals surface area contributed by atoms with Gasteiger partial charge in [0.15, 0.2) is 0 Å². The largest absolute Gasteiger partial charge is 0.497 e. The SMILES string of the molecule is COc1ccc(-c2nn(C)c3c2CN(C(=O)OC(C)(C)C)CC3)c(Cl)c1.